The molecule has 3 heteroatoms. The Hall–Kier alpha value is -1.22. The number of aromatic nitrogens is 1. The van der Waals surface area contributed by atoms with Gasteiger partial charge in [0.15, 0.2) is 5.78 Å². The number of Topliss-reactive ketones (excluding diaryl/α,β-unsaturated/α-hetero) is 1. The number of halogens is 1. The molecule has 0 radical (unpaired) electrons. The maximum atomic E-state index is 11.2. The van der Waals surface area contributed by atoms with E-state index in [-0.39, 0.29) is 5.78 Å². The van der Waals surface area contributed by atoms with Crippen molar-refractivity contribution in [2.45, 2.75) is 6.92 Å². The highest BCUT2D eigenvalue weighted by molar-refractivity contribution is 9.10. The standard InChI is InChI=1S/C11H8BrNO/c1-7(14)8-2-3-9-5-13-6-11(12)10(9)4-8/h2-6H,1H3. The Bertz CT molecular complexity index is 508. The number of hydrogen-bond acceptors (Lipinski definition) is 2. The van der Waals surface area contributed by atoms with Crippen molar-refractivity contribution in [2.24, 2.45) is 0 Å². The lowest BCUT2D eigenvalue weighted by Crippen LogP contribution is -1.91. The zero-order valence-corrected chi connectivity index (χ0v) is 9.21. The third-order valence-electron chi connectivity index (χ3n) is 2.12. The number of benzene rings is 1. The van der Waals surface area contributed by atoms with Crippen molar-refractivity contribution >= 4 is 32.5 Å². The highest BCUT2D eigenvalue weighted by Gasteiger charge is 2.03. The number of ketones is 1. The van der Waals surface area contributed by atoms with Gasteiger partial charge in [0.1, 0.15) is 0 Å². The Morgan fingerprint density at radius 1 is 1.36 bits per heavy atom. The fraction of sp³-hybridized carbons (Fsp3) is 0.0909. The molecule has 0 unspecified atom stereocenters. The minimum absolute atomic E-state index is 0.0793. The number of hydrogen-bond donors (Lipinski definition) is 0. The molecule has 0 aliphatic rings. The highest BCUT2D eigenvalue weighted by Crippen LogP contribution is 2.23. The molecular formula is C11H8BrNO. The summed E-state index contributed by atoms with van der Waals surface area (Å²) >= 11 is 3.41. The predicted molar refractivity (Wildman–Crippen MR) is 59.4 cm³/mol. The Labute approximate surface area is 90.1 Å². The smallest absolute Gasteiger partial charge is 0.159 e. The van der Waals surface area contributed by atoms with Gasteiger partial charge >= 0.3 is 0 Å². The van der Waals surface area contributed by atoms with Gasteiger partial charge in [-0.1, -0.05) is 12.1 Å². The molecule has 0 N–H and O–H groups in total. The molecule has 0 spiro atoms. The van der Waals surface area contributed by atoms with Gasteiger partial charge in [0, 0.05) is 27.8 Å². The van der Waals surface area contributed by atoms with Crippen LogP contribution in [0.2, 0.25) is 0 Å². The second kappa shape index (κ2) is 3.50. The topological polar surface area (TPSA) is 30.0 Å². The summed E-state index contributed by atoms with van der Waals surface area (Å²) in [4.78, 5) is 15.2. The number of carbonyl (C=O) groups excluding carboxylic acids is 1. The van der Waals surface area contributed by atoms with Crippen molar-refractivity contribution in [1.29, 1.82) is 0 Å². The molecule has 70 valence electrons. The van der Waals surface area contributed by atoms with E-state index in [2.05, 4.69) is 20.9 Å². The molecule has 1 aromatic carbocycles. The van der Waals surface area contributed by atoms with Crippen molar-refractivity contribution in [3.63, 3.8) is 0 Å². The molecule has 0 amide bonds. The summed E-state index contributed by atoms with van der Waals surface area (Å²) < 4.78 is 0.915. The maximum Gasteiger partial charge on any atom is 0.159 e. The van der Waals surface area contributed by atoms with Crippen molar-refractivity contribution in [3.8, 4) is 0 Å². The molecule has 2 rings (SSSR count). The summed E-state index contributed by atoms with van der Waals surface area (Å²) in [5, 5.41) is 2.05. The molecule has 1 heterocycles. The number of pyridine rings is 1. The first-order valence-electron chi connectivity index (χ1n) is 4.22. The first-order valence-corrected chi connectivity index (χ1v) is 5.02. The van der Waals surface area contributed by atoms with Crippen molar-refractivity contribution in [1.82, 2.24) is 4.98 Å². The first kappa shape index (κ1) is 9.34. The average molecular weight is 250 g/mol. The largest absolute Gasteiger partial charge is 0.295 e. The summed E-state index contributed by atoms with van der Waals surface area (Å²) in [5.74, 6) is 0.0793. The molecule has 0 saturated heterocycles. The molecule has 0 aliphatic carbocycles. The van der Waals surface area contributed by atoms with Crippen LogP contribution >= 0.6 is 15.9 Å². The molecule has 0 atom stereocenters. The van der Waals surface area contributed by atoms with Crippen LogP contribution in [0.15, 0.2) is 35.1 Å². The molecule has 14 heavy (non-hydrogen) atoms. The van der Waals surface area contributed by atoms with Crippen LogP contribution in [-0.4, -0.2) is 10.8 Å². The lowest BCUT2D eigenvalue weighted by Gasteiger charge is -2.01. The minimum Gasteiger partial charge on any atom is -0.295 e. The lowest BCUT2D eigenvalue weighted by molar-refractivity contribution is 0.101. The van der Waals surface area contributed by atoms with Crippen LogP contribution in [0.1, 0.15) is 17.3 Å². The number of fused-ring (bicyclic) bond motifs is 1. The number of carbonyl (C=O) groups is 1. The van der Waals surface area contributed by atoms with E-state index in [1.165, 1.54) is 0 Å². The normalized spacial score (nSPS) is 10.4. The summed E-state index contributed by atoms with van der Waals surface area (Å²) in [6, 6.07) is 5.60. The van der Waals surface area contributed by atoms with E-state index in [1.807, 2.05) is 18.2 Å². The summed E-state index contributed by atoms with van der Waals surface area (Å²) in [6.45, 7) is 1.57. The van der Waals surface area contributed by atoms with Gasteiger partial charge in [0.25, 0.3) is 0 Å². The van der Waals surface area contributed by atoms with Crippen LogP contribution < -0.4 is 0 Å². The van der Waals surface area contributed by atoms with Gasteiger partial charge < -0.3 is 0 Å². The zero-order valence-electron chi connectivity index (χ0n) is 7.62. The van der Waals surface area contributed by atoms with Crippen molar-refractivity contribution in [2.75, 3.05) is 0 Å². The van der Waals surface area contributed by atoms with Gasteiger partial charge in [-0.25, -0.2) is 0 Å². The number of rotatable bonds is 1. The average Bonchev–Trinajstić information content (AvgIpc) is 2.18. The van der Waals surface area contributed by atoms with E-state index < -0.39 is 0 Å². The van der Waals surface area contributed by atoms with Gasteiger partial charge in [0.2, 0.25) is 0 Å². The third-order valence-corrected chi connectivity index (χ3v) is 2.75. The fourth-order valence-corrected chi connectivity index (χ4v) is 1.81. The first-order chi connectivity index (χ1) is 6.68. The second-order valence-corrected chi connectivity index (χ2v) is 3.97. The minimum atomic E-state index is 0.0793. The van der Waals surface area contributed by atoms with Crippen LogP contribution in [0.3, 0.4) is 0 Å². The SMILES string of the molecule is CC(=O)c1ccc2cncc(Br)c2c1. The second-order valence-electron chi connectivity index (χ2n) is 3.11. The Kier molecular flexibility index (Phi) is 2.33. The third kappa shape index (κ3) is 1.55. The van der Waals surface area contributed by atoms with E-state index >= 15 is 0 Å². The molecule has 1 aromatic heterocycles. The van der Waals surface area contributed by atoms with E-state index in [0.717, 1.165) is 20.8 Å². The van der Waals surface area contributed by atoms with Crippen LogP contribution in [0, 0.1) is 0 Å². The predicted octanol–water partition coefficient (Wildman–Crippen LogP) is 3.20. The van der Waals surface area contributed by atoms with Crippen LogP contribution in [0.5, 0.6) is 0 Å². The van der Waals surface area contributed by atoms with Gasteiger partial charge in [-0.15, -0.1) is 0 Å². The Morgan fingerprint density at radius 3 is 2.86 bits per heavy atom. The van der Waals surface area contributed by atoms with Crippen LogP contribution in [0.4, 0.5) is 0 Å². The van der Waals surface area contributed by atoms with Gasteiger partial charge in [0.05, 0.1) is 0 Å². The lowest BCUT2D eigenvalue weighted by atomic mass is 10.1. The van der Waals surface area contributed by atoms with E-state index in [4.69, 9.17) is 0 Å². The highest BCUT2D eigenvalue weighted by atomic mass is 79.9. The fourth-order valence-electron chi connectivity index (χ4n) is 1.35. The Morgan fingerprint density at radius 2 is 2.14 bits per heavy atom. The molecule has 2 nitrogen and oxygen atoms in total. The number of nitrogens with zero attached hydrogens (tertiary/aromatic N) is 1. The molecule has 0 fully saturated rings. The van der Waals surface area contributed by atoms with Crippen molar-refractivity contribution < 1.29 is 4.79 Å². The maximum absolute atomic E-state index is 11.2. The van der Waals surface area contributed by atoms with Gasteiger partial charge in [-0.3, -0.25) is 9.78 Å². The molecule has 0 aliphatic heterocycles. The molecular weight excluding hydrogens is 242 g/mol. The summed E-state index contributed by atoms with van der Waals surface area (Å²) in [7, 11) is 0. The molecule has 2 aromatic rings. The van der Waals surface area contributed by atoms with Crippen LogP contribution in [0.25, 0.3) is 10.8 Å². The molecule has 0 bridgehead atoms. The van der Waals surface area contributed by atoms with Crippen molar-refractivity contribution in [3.05, 3.63) is 40.6 Å². The van der Waals surface area contributed by atoms with Gasteiger partial charge in [-0.2, -0.15) is 0 Å². The summed E-state index contributed by atoms with van der Waals surface area (Å²) in [6.07, 6.45) is 3.51. The zero-order chi connectivity index (χ0) is 10.1. The van der Waals surface area contributed by atoms with E-state index in [9.17, 15) is 4.79 Å². The Balaban J connectivity index is 2.76. The molecule has 0 saturated carbocycles. The summed E-state index contributed by atoms with van der Waals surface area (Å²) in [5.41, 5.74) is 0.726. The van der Waals surface area contributed by atoms with Gasteiger partial charge in [-0.05, 0) is 34.3 Å². The monoisotopic (exact) mass is 249 g/mol. The van der Waals surface area contributed by atoms with E-state index in [1.54, 1.807) is 19.3 Å². The quantitative estimate of drug-likeness (QED) is 0.727. The van der Waals surface area contributed by atoms with Crippen LogP contribution in [-0.2, 0) is 0 Å². The van der Waals surface area contributed by atoms with E-state index in [0.29, 0.717) is 0 Å².